The third-order valence-corrected chi connectivity index (χ3v) is 10.0. The maximum Gasteiger partial charge on any atom is 0.225 e. The predicted molar refractivity (Wildman–Crippen MR) is 148 cm³/mol. The topological polar surface area (TPSA) is 121 Å². The monoisotopic (exact) mass is 580 g/mol. The summed E-state index contributed by atoms with van der Waals surface area (Å²) in [6.07, 6.45) is 6.96. The second-order valence-electron chi connectivity index (χ2n) is 11.2. The molecule has 0 radical (unpaired) electrons. The molecule has 6 rings (SSSR count). The number of amides is 1. The first kappa shape index (κ1) is 27.3. The van der Waals surface area contributed by atoms with Crippen molar-refractivity contribution in [3.63, 3.8) is 0 Å². The first-order valence-corrected chi connectivity index (χ1v) is 15.7. The van der Waals surface area contributed by atoms with Crippen molar-refractivity contribution in [1.29, 1.82) is 5.26 Å². The number of nitrogens with zero attached hydrogens (tertiary/aromatic N) is 5. The minimum absolute atomic E-state index is 0.111. The smallest absolute Gasteiger partial charge is 0.225 e. The van der Waals surface area contributed by atoms with Crippen LogP contribution in [0.25, 0.3) is 16.9 Å². The van der Waals surface area contributed by atoms with Crippen LogP contribution >= 0.6 is 0 Å². The SMILES string of the molecule is N#CC1(NC(=O)[C@@H]2CCCC[C@H]2c2nn(-c3ncc(F)cc3F)cc2-c2ccc(N3CCS(=O)(=O)CC3)cc2)CC1. The van der Waals surface area contributed by atoms with Crippen molar-refractivity contribution in [3.8, 4) is 23.0 Å². The number of hydrogen-bond acceptors (Lipinski definition) is 7. The number of rotatable bonds is 6. The number of nitrogens with one attached hydrogen (secondary N) is 1. The minimum Gasteiger partial charge on any atom is -0.369 e. The molecule has 2 aliphatic carbocycles. The van der Waals surface area contributed by atoms with Crippen molar-refractivity contribution in [1.82, 2.24) is 20.1 Å². The number of hydrogen-bond donors (Lipinski definition) is 1. The number of pyridine rings is 1. The van der Waals surface area contributed by atoms with E-state index in [1.807, 2.05) is 29.2 Å². The summed E-state index contributed by atoms with van der Waals surface area (Å²) in [4.78, 5) is 19.4. The molecule has 0 bridgehead atoms. The second kappa shape index (κ2) is 10.5. The molecular formula is C29H30F2N6O3S. The number of anilines is 1. The molecule has 1 aliphatic heterocycles. The van der Waals surface area contributed by atoms with Crippen LogP contribution in [0.2, 0.25) is 0 Å². The number of nitriles is 1. The van der Waals surface area contributed by atoms with Crippen molar-refractivity contribution in [2.75, 3.05) is 29.5 Å². The van der Waals surface area contributed by atoms with Gasteiger partial charge in [0.1, 0.15) is 11.4 Å². The van der Waals surface area contributed by atoms with Gasteiger partial charge in [-0.05, 0) is 43.4 Å². The minimum atomic E-state index is -3.01. The van der Waals surface area contributed by atoms with Crippen LogP contribution < -0.4 is 10.2 Å². The zero-order chi connectivity index (χ0) is 28.8. The highest BCUT2D eigenvalue weighted by Gasteiger charge is 2.47. The third-order valence-electron chi connectivity index (χ3n) is 8.42. The van der Waals surface area contributed by atoms with E-state index in [4.69, 9.17) is 5.10 Å². The summed E-state index contributed by atoms with van der Waals surface area (Å²) >= 11 is 0. The Kier molecular flexibility index (Phi) is 7.01. The van der Waals surface area contributed by atoms with Crippen LogP contribution in [0.5, 0.6) is 0 Å². The highest BCUT2D eigenvalue weighted by molar-refractivity contribution is 7.91. The van der Waals surface area contributed by atoms with Crippen LogP contribution in [-0.2, 0) is 14.6 Å². The van der Waals surface area contributed by atoms with Crippen LogP contribution in [0.1, 0.15) is 50.1 Å². The molecule has 2 aromatic heterocycles. The van der Waals surface area contributed by atoms with Crippen LogP contribution in [0.15, 0.2) is 42.7 Å². The van der Waals surface area contributed by atoms with E-state index in [1.54, 1.807) is 6.20 Å². The number of benzene rings is 1. The summed E-state index contributed by atoms with van der Waals surface area (Å²) in [7, 11) is -3.01. The molecule has 1 amide bonds. The highest BCUT2D eigenvalue weighted by Crippen LogP contribution is 2.43. The Morgan fingerprint density at radius 1 is 1.10 bits per heavy atom. The van der Waals surface area contributed by atoms with E-state index in [0.717, 1.165) is 36.4 Å². The fourth-order valence-electron chi connectivity index (χ4n) is 5.88. The summed E-state index contributed by atoms with van der Waals surface area (Å²) in [5.41, 5.74) is 2.22. The van der Waals surface area contributed by atoms with Crippen molar-refractivity contribution in [2.24, 2.45) is 5.92 Å². The first-order chi connectivity index (χ1) is 19.7. The number of sulfone groups is 1. The summed E-state index contributed by atoms with van der Waals surface area (Å²) in [6.45, 7) is 0.840. The molecule has 1 aromatic carbocycles. The van der Waals surface area contributed by atoms with Crippen LogP contribution in [0.4, 0.5) is 14.5 Å². The molecule has 1 N–H and O–H groups in total. The Bertz CT molecular complexity index is 1610. The predicted octanol–water partition coefficient (Wildman–Crippen LogP) is 3.89. The third kappa shape index (κ3) is 5.55. The van der Waals surface area contributed by atoms with Gasteiger partial charge < -0.3 is 10.2 Å². The highest BCUT2D eigenvalue weighted by atomic mass is 32.2. The molecule has 0 spiro atoms. The van der Waals surface area contributed by atoms with Crippen LogP contribution in [0.3, 0.4) is 0 Å². The van der Waals surface area contributed by atoms with E-state index in [9.17, 15) is 27.3 Å². The molecule has 2 saturated carbocycles. The zero-order valence-corrected chi connectivity index (χ0v) is 23.2. The Hall–Kier alpha value is -3.85. The quantitative estimate of drug-likeness (QED) is 0.470. The van der Waals surface area contributed by atoms with E-state index in [0.29, 0.717) is 50.0 Å². The molecule has 0 unspecified atom stereocenters. The van der Waals surface area contributed by atoms with Crippen molar-refractivity contribution in [3.05, 3.63) is 60.1 Å². The van der Waals surface area contributed by atoms with Gasteiger partial charge in [-0.3, -0.25) is 4.79 Å². The molecular weight excluding hydrogens is 550 g/mol. The van der Waals surface area contributed by atoms with Crippen LogP contribution in [-0.4, -0.2) is 59.2 Å². The summed E-state index contributed by atoms with van der Waals surface area (Å²) in [6, 6.07) is 10.6. The maximum atomic E-state index is 14.8. The molecule has 3 aliphatic rings. The van der Waals surface area contributed by atoms with Gasteiger partial charge in [0.2, 0.25) is 5.91 Å². The zero-order valence-electron chi connectivity index (χ0n) is 22.4. The van der Waals surface area contributed by atoms with Gasteiger partial charge in [0.25, 0.3) is 0 Å². The standard InChI is InChI=1S/C29H30F2N6O3S/c30-20-15-25(31)27(33-16-20)37-17-24(19-5-7-21(8-6-19)36-11-13-41(39,40)14-12-36)26(35-37)22-3-1-2-4-23(22)28(38)34-29(18-32)9-10-29/h5-8,15-17,22-23H,1-4,9-14H2,(H,34,38)/t22-,23-/m1/s1. The lowest BCUT2D eigenvalue weighted by Gasteiger charge is -2.31. The average Bonchev–Trinajstić information content (AvgIpc) is 3.60. The Morgan fingerprint density at radius 3 is 2.46 bits per heavy atom. The van der Waals surface area contributed by atoms with E-state index < -0.39 is 32.9 Å². The molecule has 3 fully saturated rings. The van der Waals surface area contributed by atoms with Gasteiger partial charge in [0, 0.05) is 48.4 Å². The molecule has 214 valence electrons. The number of halogens is 2. The summed E-state index contributed by atoms with van der Waals surface area (Å²) in [5, 5.41) is 17.2. The van der Waals surface area contributed by atoms with Gasteiger partial charge in [0.15, 0.2) is 21.5 Å². The van der Waals surface area contributed by atoms with Gasteiger partial charge in [-0.25, -0.2) is 26.9 Å². The number of aromatic nitrogens is 3. The van der Waals surface area contributed by atoms with Crippen molar-refractivity contribution >= 4 is 21.4 Å². The Morgan fingerprint density at radius 2 is 1.80 bits per heavy atom. The van der Waals surface area contributed by atoms with E-state index in [2.05, 4.69) is 16.4 Å². The lowest BCUT2D eigenvalue weighted by molar-refractivity contribution is -0.127. The Balaban J connectivity index is 1.37. The molecule has 12 heteroatoms. The van der Waals surface area contributed by atoms with Gasteiger partial charge >= 0.3 is 0 Å². The molecule has 9 nitrogen and oxygen atoms in total. The van der Waals surface area contributed by atoms with Crippen molar-refractivity contribution in [2.45, 2.75) is 50.0 Å². The van der Waals surface area contributed by atoms with Crippen LogP contribution in [0, 0.1) is 28.9 Å². The van der Waals surface area contributed by atoms with Gasteiger partial charge in [-0.15, -0.1) is 0 Å². The lowest BCUT2D eigenvalue weighted by atomic mass is 9.75. The van der Waals surface area contributed by atoms with E-state index in [-0.39, 0.29) is 29.1 Å². The number of carbonyl (C=O) groups excluding carboxylic acids is 1. The molecule has 1 saturated heterocycles. The van der Waals surface area contributed by atoms with E-state index >= 15 is 0 Å². The molecule has 2 atom stereocenters. The summed E-state index contributed by atoms with van der Waals surface area (Å²) in [5.74, 6) is -2.43. The van der Waals surface area contributed by atoms with Gasteiger partial charge in [-0.1, -0.05) is 25.0 Å². The first-order valence-electron chi connectivity index (χ1n) is 13.9. The number of carbonyl (C=O) groups is 1. The average molecular weight is 581 g/mol. The fraction of sp³-hybridized carbons (Fsp3) is 0.448. The van der Waals surface area contributed by atoms with Crippen molar-refractivity contribution < 1.29 is 22.0 Å². The fourth-order valence-corrected chi connectivity index (χ4v) is 7.08. The largest absolute Gasteiger partial charge is 0.369 e. The molecule has 41 heavy (non-hydrogen) atoms. The summed E-state index contributed by atoms with van der Waals surface area (Å²) < 4.78 is 53.4. The lowest BCUT2D eigenvalue weighted by Crippen LogP contribution is -2.42. The van der Waals surface area contributed by atoms with Gasteiger partial charge in [0.05, 0.1) is 29.5 Å². The van der Waals surface area contributed by atoms with E-state index in [1.165, 1.54) is 4.68 Å². The normalized spacial score (nSPS) is 23.0. The maximum absolute atomic E-state index is 14.8. The second-order valence-corrected chi connectivity index (χ2v) is 13.5. The molecule has 3 heterocycles. The van der Waals surface area contributed by atoms with Gasteiger partial charge in [-0.2, -0.15) is 10.4 Å². The Labute approximate surface area is 237 Å². The molecule has 3 aromatic rings.